The van der Waals surface area contributed by atoms with Crippen LogP contribution in [0.2, 0.25) is 0 Å². The van der Waals surface area contributed by atoms with Gasteiger partial charge in [0.1, 0.15) is 5.82 Å². The molecule has 1 aromatic heterocycles. The second-order valence-electron chi connectivity index (χ2n) is 3.46. The van der Waals surface area contributed by atoms with E-state index in [2.05, 4.69) is 10.2 Å². The molecule has 1 aromatic carbocycles. The van der Waals surface area contributed by atoms with Crippen LogP contribution in [0.5, 0.6) is 0 Å². The maximum atomic E-state index is 13.1. The van der Waals surface area contributed by atoms with E-state index in [0.29, 0.717) is 29.9 Å². The molecule has 4 nitrogen and oxygen atoms in total. The van der Waals surface area contributed by atoms with Gasteiger partial charge in [0.2, 0.25) is 5.89 Å². The fraction of sp³-hybridized carbons (Fsp3) is 0.273. The lowest BCUT2D eigenvalue weighted by Gasteiger charge is -2.13. The Bertz CT molecular complexity index is 503. The van der Waals surface area contributed by atoms with Crippen molar-refractivity contribution in [3.63, 3.8) is 0 Å². The summed E-state index contributed by atoms with van der Waals surface area (Å²) in [6, 6.07) is 6.47. The van der Waals surface area contributed by atoms with E-state index in [9.17, 15) is 4.39 Å². The van der Waals surface area contributed by atoms with Crippen molar-refractivity contribution >= 4 is 23.3 Å². The molecule has 6 heteroatoms. The Morgan fingerprint density at radius 2 is 2.24 bits per heavy atom. The average Bonchev–Trinajstić information content (AvgIpc) is 2.77. The fourth-order valence-electron chi connectivity index (χ4n) is 1.36. The number of rotatable bonds is 4. The molecule has 0 N–H and O–H groups in total. The Labute approximate surface area is 103 Å². The molecule has 0 amide bonds. The van der Waals surface area contributed by atoms with E-state index in [-0.39, 0.29) is 5.82 Å². The number of hydrogen-bond acceptors (Lipinski definition) is 4. The highest BCUT2D eigenvalue weighted by Gasteiger charge is 2.12. The van der Waals surface area contributed by atoms with Gasteiger partial charge in [-0.25, -0.2) is 4.39 Å². The average molecular weight is 256 g/mol. The minimum atomic E-state index is -0.310. The zero-order chi connectivity index (χ0) is 12.3. The maximum absolute atomic E-state index is 13.1. The van der Waals surface area contributed by atoms with E-state index in [4.69, 9.17) is 16.0 Å². The predicted octanol–water partition coefficient (Wildman–Crippen LogP) is 2.76. The molecule has 2 rings (SSSR count). The van der Waals surface area contributed by atoms with Crippen molar-refractivity contribution in [3.8, 4) is 0 Å². The molecule has 0 aliphatic rings. The third kappa shape index (κ3) is 2.74. The number of halogens is 2. The summed E-state index contributed by atoms with van der Waals surface area (Å²) in [7, 11) is 1.73. The van der Waals surface area contributed by atoms with Crippen LogP contribution in [-0.4, -0.2) is 23.1 Å². The summed E-state index contributed by atoms with van der Waals surface area (Å²) in [5.74, 6) is 0.582. The lowest BCUT2D eigenvalue weighted by molar-refractivity contribution is 0.505. The number of aryl methyl sites for hydroxylation is 1. The van der Waals surface area contributed by atoms with Gasteiger partial charge in [-0.05, 0) is 18.2 Å². The van der Waals surface area contributed by atoms with Crippen LogP contribution in [0.25, 0.3) is 0 Å². The second-order valence-corrected chi connectivity index (χ2v) is 3.83. The lowest BCUT2D eigenvalue weighted by Crippen LogP contribution is -2.09. The van der Waals surface area contributed by atoms with Crippen molar-refractivity contribution in [2.75, 3.05) is 17.8 Å². The molecular weight excluding hydrogens is 245 g/mol. The van der Waals surface area contributed by atoms with Crippen LogP contribution in [0.15, 0.2) is 28.7 Å². The second kappa shape index (κ2) is 5.14. The highest BCUT2D eigenvalue weighted by molar-refractivity contribution is 6.17. The summed E-state index contributed by atoms with van der Waals surface area (Å²) in [6.07, 6.45) is 0.519. The maximum Gasteiger partial charge on any atom is 0.322 e. The predicted molar refractivity (Wildman–Crippen MR) is 63.2 cm³/mol. The minimum Gasteiger partial charge on any atom is -0.408 e. The van der Waals surface area contributed by atoms with Crippen molar-refractivity contribution in [3.05, 3.63) is 36.0 Å². The first-order valence-corrected chi connectivity index (χ1v) is 5.62. The van der Waals surface area contributed by atoms with Gasteiger partial charge in [-0.1, -0.05) is 11.2 Å². The first-order chi connectivity index (χ1) is 8.20. The monoisotopic (exact) mass is 255 g/mol. The Balaban J connectivity index is 2.21. The van der Waals surface area contributed by atoms with E-state index in [0.717, 1.165) is 0 Å². The molecule has 17 heavy (non-hydrogen) atoms. The van der Waals surface area contributed by atoms with Crippen LogP contribution < -0.4 is 4.90 Å². The van der Waals surface area contributed by atoms with Crippen LogP contribution in [0.1, 0.15) is 5.89 Å². The Morgan fingerprint density at radius 3 is 2.94 bits per heavy atom. The summed E-state index contributed by atoms with van der Waals surface area (Å²) < 4.78 is 18.4. The van der Waals surface area contributed by atoms with Gasteiger partial charge < -0.3 is 4.42 Å². The van der Waals surface area contributed by atoms with Crippen LogP contribution in [0, 0.1) is 5.82 Å². The number of alkyl halides is 1. The summed E-state index contributed by atoms with van der Waals surface area (Å²) in [5, 5.41) is 7.71. The van der Waals surface area contributed by atoms with Crippen molar-refractivity contribution in [2.24, 2.45) is 0 Å². The van der Waals surface area contributed by atoms with E-state index in [1.165, 1.54) is 12.1 Å². The molecule has 2 aromatic rings. The van der Waals surface area contributed by atoms with Crippen LogP contribution in [0.3, 0.4) is 0 Å². The molecular formula is C11H11ClFN3O. The van der Waals surface area contributed by atoms with Crippen molar-refractivity contribution < 1.29 is 8.81 Å². The number of aromatic nitrogens is 2. The molecule has 0 spiro atoms. The summed E-state index contributed by atoms with van der Waals surface area (Å²) in [5.41, 5.74) is 0.645. The molecule has 0 radical (unpaired) electrons. The van der Waals surface area contributed by atoms with Gasteiger partial charge >= 0.3 is 6.01 Å². The normalized spacial score (nSPS) is 10.5. The number of anilines is 2. The molecule has 0 unspecified atom stereocenters. The largest absolute Gasteiger partial charge is 0.408 e. The third-order valence-corrected chi connectivity index (χ3v) is 2.44. The number of benzene rings is 1. The van der Waals surface area contributed by atoms with Gasteiger partial charge in [-0.15, -0.1) is 16.7 Å². The molecule has 0 aliphatic carbocycles. The SMILES string of the molecule is CN(c1cccc(F)c1)c1nnc(CCCl)o1. The standard InChI is InChI=1S/C11H11ClFN3O/c1-16(9-4-2-3-8(13)7-9)11-15-14-10(17-11)5-6-12/h2-4,7H,5-6H2,1H3. The molecule has 0 saturated carbocycles. The van der Waals surface area contributed by atoms with E-state index in [1.54, 1.807) is 24.1 Å². The first-order valence-electron chi connectivity index (χ1n) is 5.08. The first kappa shape index (κ1) is 11.9. The van der Waals surface area contributed by atoms with Gasteiger partial charge in [-0.2, -0.15) is 0 Å². The molecule has 1 heterocycles. The zero-order valence-corrected chi connectivity index (χ0v) is 9.99. The van der Waals surface area contributed by atoms with Crippen LogP contribution in [-0.2, 0) is 6.42 Å². The van der Waals surface area contributed by atoms with E-state index >= 15 is 0 Å². The Morgan fingerprint density at radius 1 is 1.41 bits per heavy atom. The number of nitrogens with zero attached hydrogens (tertiary/aromatic N) is 3. The summed E-state index contributed by atoms with van der Waals surface area (Å²) in [4.78, 5) is 1.62. The van der Waals surface area contributed by atoms with Gasteiger partial charge in [0.05, 0.1) is 0 Å². The topological polar surface area (TPSA) is 42.2 Å². The van der Waals surface area contributed by atoms with Crippen molar-refractivity contribution in [1.82, 2.24) is 10.2 Å². The van der Waals surface area contributed by atoms with Gasteiger partial charge in [0.25, 0.3) is 0 Å². The van der Waals surface area contributed by atoms with Crippen molar-refractivity contribution in [2.45, 2.75) is 6.42 Å². The molecule has 0 saturated heterocycles. The van der Waals surface area contributed by atoms with E-state index in [1.807, 2.05) is 0 Å². The minimum absolute atomic E-state index is 0.310. The lowest BCUT2D eigenvalue weighted by atomic mass is 10.3. The molecule has 0 aliphatic heterocycles. The van der Waals surface area contributed by atoms with Gasteiger partial charge in [0.15, 0.2) is 0 Å². The zero-order valence-electron chi connectivity index (χ0n) is 9.23. The molecule has 0 atom stereocenters. The quantitative estimate of drug-likeness (QED) is 0.788. The molecule has 0 bridgehead atoms. The Hall–Kier alpha value is -1.62. The van der Waals surface area contributed by atoms with Crippen LogP contribution >= 0.6 is 11.6 Å². The third-order valence-electron chi connectivity index (χ3n) is 2.25. The van der Waals surface area contributed by atoms with E-state index < -0.39 is 0 Å². The summed E-state index contributed by atoms with van der Waals surface area (Å²) in [6.45, 7) is 0. The smallest absolute Gasteiger partial charge is 0.322 e. The fourth-order valence-corrected chi connectivity index (χ4v) is 1.52. The van der Waals surface area contributed by atoms with Crippen LogP contribution in [0.4, 0.5) is 16.1 Å². The highest BCUT2D eigenvalue weighted by atomic mass is 35.5. The van der Waals surface area contributed by atoms with Crippen molar-refractivity contribution in [1.29, 1.82) is 0 Å². The van der Waals surface area contributed by atoms with Gasteiger partial charge in [-0.3, -0.25) is 4.90 Å². The highest BCUT2D eigenvalue weighted by Crippen LogP contribution is 2.22. The molecule has 90 valence electrons. The number of hydrogen-bond donors (Lipinski definition) is 0. The molecule has 0 fully saturated rings. The van der Waals surface area contributed by atoms with Gasteiger partial charge in [0, 0.05) is 25.0 Å². The summed E-state index contributed by atoms with van der Waals surface area (Å²) >= 11 is 5.57. The Kier molecular flexibility index (Phi) is 3.58.